The van der Waals surface area contributed by atoms with Gasteiger partial charge >= 0.3 is 0 Å². The van der Waals surface area contributed by atoms with E-state index in [1.165, 1.54) is 68.2 Å². The second-order valence-corrected chi connectivity index (χ2v) is 7.86. The Bertz CT molecular complexity index is 530. The highest BCUT2D eigenvalue weighted by atomic mass is 15.2. The van der Waals surface area contributed by atoms with Crippen LogP contribution in [0.25, 0.3) is 0 Å². The van der Waals surface area contributed by atoms with E-state index in [1.54, 1.807) is 5.56 Å². The average Bonchev–Trinajstić information content (AvgIpc) is 2.42. The molecule has 2 nitrogen and oxygen atoms in total. The van der Waals surface area contributed by atoms with Crippen LogP contribution >= 0.6 is 0 Å². The van der Waals surface area contributed by atoms with Crippen molar-refractivity contribution in [1.29, 1.82) is 0 Å². The highest BCUT2D eigenvalue weighted by Crippen LogP contribution is 2.33. The van der Waals surface area contributed by atoms with Crippen molar-refractivity contribution in [3.8, 4) is 0 Å². The third-order valence-corrected chi connectivity index (χ3v) is 5.96. The Labute approximate surface area is 136 Å². The molecule has 2 N–H and O–H groups in total. The van der Waals surface area contributed by atoms with Crippen molar-refractivity contribution in [3.63, 3.8) is 0 Å². The summed E-state index contributed by atoms with van der Waals surface area (Å²) in [6, 6.07) is 4.74. The Morgan fingerprint density at radius 3 is 2.41 bits per heavy atom. The van der Waals surface area contributed by atoms with Gasteiger partial charge in [0.2, 0.25) is 0 Å². The first-order valence-electron chi connectivity index (χ1n) is 9.10. The fraction of sp³-hybridized carbons (Fsp3) is 0.684. The number of hydrogen-bond donors (Lipinski definition) is 1. The molecule has 1 saturated carbocycles. The molecule has 0 aromatic heterocycles. The molecule has 0 spiro atoms. The molecule has 1 aromatic carbocycles. The highest BCUT2D eigenvalue weighted by molar-refractivity contribution is 6.08. The summed E-state index contributed by atoms with van der Waals surface area (Å²) in [5.74, 6) is 0.832. The lowest BCUT2D eigenvalue weighted by atomic mass is 9.76. The average molecular weight is 298 g/mol. The van der Waals surface area contributed by atoms with Crippen molar-refractivity contribution in [1.82, 2.24) is 4.90 Å². The van der Waals surface area contributed by atoms with Crippen molar-refractivity contribution in [2.45, 2.75) is 57.8 Å². The molecule has 120 valence electrons. The summed E-state index contributed by atoms with van der Waals surface area (Å²) in [6.07, 6.45) is 7.47. The summed E-state index contributed by atoms with van der Waals surface area (Å²) in [7, 11) is 2.26. The van der Waals surface area contributed by atoms with Gasteiger partial charge in [-0.15, -0.1) is 0 Å². The van der Waals surface area contributed by atoms with Crippen molar-refractivity contribution in [2.24, 2.45) is 11.7 Å². The number of nitrogens with two attached hydrogens (primary N) is 1. The maximum absolute atomic E-state index is 6.36. The smallest absolute Gasteiger partial charge is 0.101 e. The lowest BCUT2D eigenvalue weighted by Gasteiger charge is -2.48. The topological polar surface area (TPSA) is 29.3 Å². The number of benzene rings is 1. The molecule has 0 atom stereocenters. The Morgan fingerprint density at radius 1 is 1.18 bits per heavy atom. The molecule has 3 heteroatoms. The second kappa shape index (κ2) is 6.37. The summed E-state index contributed by atoms with van der Waals surface area (Å²) in [6.45, 7) is 8.22. The molecule has 1 aliphatic carbocycles. The molecular weight excluding hydrogens is 267 g/mol. The monoisotopic (exact) mass is 298 g/mol. The van der Waals surface area contributed by atoms with E-state index < -0.39 is 0 Å². The lowest BCUT2D eigenvalue weighted by molar-refractivity contribution is 0.0501. The Kier molecular flexibility index (Phi) is 4.65. The first-order valence-corrected chi connectivity index (χ1v) is 9.10. The predicted molar refractivity (Wildman–Crippen MR) is 97.4 cm³/mol. The molecule has 3 rings (SSSR count). The minimum atomic E-state index is 0.152. The number of rotatable bonds is 6. The molecule has 22 heavy (non-hydrogen) atoms. The van der Waals surface area contributed by atoms with E-state index in [1.807, 2.05) is 0 Å². The quantitative estimate of drug-likeness (QED) is 0.816. The normalized spacial score (nSPS) is 21.4. The van der Waals surface area contributed by atoms with Crippen LogP contribution in [0.5, 0.6) is 0 Å². The van der Waals surface area contributed by atoms with Gasteiger partial charge in [-0.25, -0.2) is 0 Å². The van der Waals surface area contributed by atoms with Crippen molar-refractivity contribution in [3.05, 3.63) is 34.4 Å². The molecule has 1 aliphatic heterocycles. The molecule has 1 saturated heterocycles. The molecular formula is C19H31BN2. The van der Waals surface area contributed by atoms with Crippen LogP contribution in [0.15, 0.2) is 12.1 Å². The Morgan fingerprint density at radius 2 is 1.82 bits per heavy atom. The van der Waals surface area contributed by atoms with E-state index in [2.05, 4.69) is 38.7 Å². The Hall–Kier alpha value is -0.795. The molecule has 0 unspecified atom stereocenters. The fourth-order valence-corrected chi connectivity index (χ4v) is 4.17. The van der Waals surface area contributed by atoms with Gasteiger partial charge in [0.15, 0.2) is 0 Å². The summed E-state index contributed by atoms with van der Waals surface area (Å²) in [5.41, 5.74) is 12.7. The van der Waals surface area contributed by atoms with Crippen molar-refractivity contribution in [2.75, 3.05) is 19.6 Å². The van der Waals surface area contributed by atoms with Crippen molar-refractivity contribution < 1.29 is 0 Å². The van der Waals surface area contributed by atoms with E-state index in [-0.39, 0.29) is 5.54 Å². The molecule has 1 heterocycles. The summed E-state index contributed by atoms with van der Waals surface area (Å²) >= 11 is 0. The molecule has 2 fully saturated rings. The van der Waals surface area contributed by atoms with E-state index in [0.29, 0.717) is 0 Å². The fourth-order valence-electron chi connectivity index (χ4n) is 4.17. The standard InChI is InChI=1S/C19H31BN2/c1-14-15(2)18(5-4-17(14)6-9-20)10-16-11-22(12-16)13-19(21)7-3-8-19/h4-5,16H,3,6-13,20-21H2,1-2H3. The van der Waals surface area contributed by atoms with Gasteiger partial charge in [0, 0.05) is 25.2 Å². The number of hydrogen-bond acceptors (Lipinski definition) is 2. The first-order chi connectivity index (χ1) is 10.5. The zero-order chi connectivity index (χ0) is 15.7. The molecule has 1 aromatic rings. The number of nitrogens with zero attached hydrogens (tertiary/aromatic N) is 1. The zero-order valence-electron chi connectivity index (χ0n) is 14.6. The van der Waals surface area contributed by atoms with E-state index >= 15 is 0 Å². The molecule has 2 aliphatic rings. The summed E-state index contributed by atoms with van der Waals surface area (Å²) in [4.78, 5) is 2.57. The predicted octanol–water partition coefficient (Wildman–Crippen LogP) is 2.25. The zero-order valence-corrected chi connectivity index (χ0v) is 14.6. The minimum Gasteiger partial charge on any atom is -0.324 e. The van der Waals surface area contributed by atoms with Crippen LogP contribution < -0.4 is 5.73 Å². The van der Waals surface area contributed by atoms with Crippen molar-refractivity contribution >= 4 is 7.85 Å². The van der Waals surface area contributed by atoms with Crippen LogP contribution in [0.4, 0.5) is 0 Å². The van der Waals surface area contributed by atoms with Crippen LogP contribution in [-0.4, -0.2) is 37.9 Å². The van der Waals surface area contributed by atoms with Gasteiger partial charge in [-0.1, -0.05) is 18.5 Å². The SMILES string of the molecule is BCCc1ccc(CC2CN(CC3(N)CCC3)C2)c(C)c1C. The lowest BCUT2D eigenvalue weighted by Crippen LogP contribution is -2.60. The third kappa shape index (κ3) is 3.26. The second-order valence-electron chi connectivity index (χ2n) is 7.86. The van der Waals surface area contributed by atoms with Gasteiger partial charge < -0.3 is 10.6 Å². The summed E-state index contributed by atoms with van der Waals surface area (Å²) < 4.78 is 0. The first kappa shape index (κ1) is 16.1. The number of likely N-dealkylation sites (tertiary alicyclic amines) is 1. The largest absolute Gasteiger partial charge is 0.324 e. The van der Waals surface area contributed by atoms with E-state index in [0.717, 1.165) is 12.5 Å². The Balaban J connectivity index is 1.53. The minimum absolute atomic E-state index is 0.152. The summed E-state index contributed by atoms with van der Waals surface area (Å²) in [5, 5.41) is 0. The van der Waals surface area contributed by atoms with Gasteiger partial charge in [-0.05, 0) is 74.1 Å². The van der Waals surface area contributed by atoms with Gasteiger partial charge in [-0.3, -0.25) is 0 Å². The maximum atomic E-state index is 6.36. The van der Waals surface area contributed by atoms with Crippen LogP contribution in [0.3, 0.4) is 0 Å². The molecule has 0 radical (unpaired) electrons. The van der Waals surface area contributed by atoms with Crippen LogP contribution in [0, 0.1) is 19.8 Å². The van der Waals surface area contributed by atoms with E-state index in [4.69, 9.17) is 5.73 Å². The molecule has 0 amide bonds. The van der Waals surface area contributed by atoms with Gasteiger partial charge in [0.25, 0.3) is 0 Å². The highest BCUT2D eigenvalue weighted by Gasteiger charge is 2.38. The van der Waals surface area contributed by atoms with Gasteiger partial charge in [-0.2, -0.15) is 0 Å². The van der Waals surface area contributed by atoms with Crippen LogP contribution in [0.1, 0.15) is 41.5 Å². The third-order valence-electron chi connectivity index (χ3n) is 5.96. The maximum Gasteiger partial charge on any atom is 0.101 e. The van der Waals surface area contributed by atoms with E-state index in [9.17, 15) is 0 Å². The number of aryl methyl sites for hydroxylation is 1. The van der Waals surface area contributed by atoms with Crippen LogP contribution in [0.2, 0.25) is 6.32 Å². The van der Waals surface area contributed by atoms with Crippen LogP contribution in [-0.2, 0) is 12.8 Å². The molecule has 0 bridgehead atoms. The van der Waals surface area contributed by atoms with Gasteiger partial charge in [0.05, 0.1) is 0 Å². The van der Waals surface area contributed by atoms with Gasteiger partial charge in [0.1, 0.15) is 7.85 Å².